The number of carbonyl (C=O) groups is 1. The van der Waals surface area contributed by atoms with Crippen molar-refractivity contribution in [2.45, 2.75) is 19.8 Å². The Balaban J connectivity index is 1.19. The molecule has 4 rings (SSSR count). The van der Waals surface area contributed by atoms with E-state index in [1.807, 2.05) is 36.4 Å². The highest BCUT2D eigenvalue weighted by Gasteiger charge is 2.20. The predicted molar refractivity (Wildman–Crippen MR) is 132 cm³/mol. The van der Waals surface area contributed by atoms with Crippen LogP contribution < -0.4 is 15.0 Å². The van der Waals surface area contributed by atoms with Crippen LogP contribution >= 0.6 is 22.9 Å². The van der Waals surface area contributed by atoms with E-state index in [4.69, 9.17) is 21.3 Å². The first-order chi connectivity index (χ1) is 15.6. The molecule has 0 spiro atoms. The van der Waals surface area contributed by atoms with E-state index in [2.05, 4.69) is 28.1 Å². The van der Waals surface area contributed by atoms with Gasteiger partial charge in [-0.05, 0) is 42.8 Å². The van der Waals surface area contributed by atoms with Crippen LogP contribution in [0.3, 0.4) is 0 Å². The predicted octanol–water partition coefficient (Wildman–Crippen LogP) is 4.68. The molecule has 6 nitrogen and oxygen atoms in total. The minimum Gasteiger partial charge on any atom is -0.494 e. The van der Waals surface area contributed by atoms with E-state index in [9.17, 15) is 4.79 Å². The van der Waals surface area contributed by atoms with E-state index < -0.39 is 0 Å². The van der Waals surface area contributed by atoms with Crippen molar-refractivity contribution in [3.8, 4) is 5.75 Å². The van der Waals surface area contributed by atoms with Gasteiger partial charge in [-0.1, -0.05) is 42.3 Å². The van der Waals surface area contributed by atoms with Gasteiger partial charge in [-0.3, -0.25) is 9.69 Å². The number of amides is 1. The number of aromatic nitrogens is 1. The van der Waals surface area contributed by atoms with Crippen LogP contribution in [-0.4, -0.2) is 61.7 Å². The van der Waals surface area contributed by atoms with Crippen molar-refractivity contribution in [1.29, 1.82) is 0 Å². The molecule has 1 saturated heterocycles. The molecule has 1 aliphatic rings. The zero-order valence-corrected chi connectivity index (χ0v) is 19.9. The number of fused-ring (bicyclic) bond motifs is 1. The van der Waals surface area contributed by atoms with Gasteiger partial charge in [-0.15, -0.1) is 0 Å². The topological polar surface area (TPSA) is 57.7 Å². The van der Waals surface area contributed by atoms with Gasteiger partial charge in [0, 0.05) is 44.8 Å². The molecule has 3 aromatic rings. The number of thiazole rings is 1. The van der Waals surface area contributed by atoms with E-state index in [0.29, 0.717) is 23.7 Å². The van der Waals surface area contributed by atoms with Crippen molar-refractivity contribution in [1.82, 2.24) is 15.2 Å². The van der Waals surface area contributed by atoms with Gasteiger partial charge in [-0.2, -0.15) is 0 Å². The molecule has 1 aliphatic heterocycles. The Morgan fingerprint density at radius 1 is 1.16 bits per heavy atom. The summed E-state index contributed by atoms with van der Waals surface area (Å²) in [6.45, 7) is 8.05. The van der Waals surface area contributed by atoms with Crippen LogP contribution in [0.5, 0.6) is 5.75 Å². The molecule has 0 atom stereocenters. The maximum absolute atomic E-state index is 12.4. The fourth-order valence-corrected chi connectivity index (χ4v) is 4.98. The Hall–Kier alpha value is -2.35. The third-order valence-electron chi connectivity index (χ3n) is 5.60. The lowest BCUT2D eigenvalue weighted by Crippen LogP contribution is -2.48. The van der Waals surface area contributed by atoms with Gasteiger partial charge >= 0.3 is 0 Å². The summed E-state index contributed by atoms with van der Waals surface area (Å²) in [5, 5.41) is 4.76. The quantitative estimate of drug-likeness (QED) is 0.458. The monoisotopic (exact) mass is 472 g/mol. The average molecular weight is 473 g/mol. The van der Waals surface area contributed by atoms with Gasteiger partial charge in [0.05, 0.1) is 16.3 Å². The minimum absolute atomic E-state index is 0.0462. The molecule has 0 bridgehead atoms. The lowest BCUT2D eigenvalue weighted by molar-refractivity contribution is 0.0947. The molecule has 32 heavy (non-hydrogen) atoms. The number of halogens is 1. The summed E-state index contributed by atoms with van der Waals surface area (Å²) in [6, 6.07) is 13.3. The Kier molecular flexibility index (Phi) is 7.84. The van der Waals surface area contributed by atoms with Gasteiger partial charge in [0.25, 0.3) is 5.91 Å². The Labute approximate surface area is 198 Å². The third-order valence-corrected chi connectivity index (χ3v) is 6.98. The normalized spacial score (nSPS) is 14.6. The van der Waals surface area contributed by atoms with E-state index in [1.54, 1.807) is 11.3 Å². The average Bonchev–Trinajstić information content (AvgIpc) is 3.26. The Bertz CT molecular complexity index is 1030. The van der Waals surface area contributed by atoms with Crippen LogP contribution in [0.25, 0.3) is 10.2 Å². The number of rotatable bonds is 9. The zero-order chi connectivity index (χ0) is 22.3. The molecule has 0 radical (unpaired) electrons. The molecule has 0 aliphatic carbocycles. The smallest absolute Gasteiger partial charge is 0.251 e. The molecule has 1 N–H and O–H groups in total. The number of nitrogens with one attached hydrogen (secondary N) is 1. The summed E-state index contributed by atoms with van der Waals surface area (Å²) < 4.78 is 6.78. The molecule has 1 fully saturated rings. The van der Waals surface area contributed by atoms with Crippen LogP contribution in [0.1, 0.15) is 30.1 Å². The van der Waals surface area contributed by atoms with Crippen molar-refractivity contribution in [3.63, 3.8) is 0 Å². The van der Waals surface area contributed by atoms with Gasteiger partial charge < -0.3 is 15.0 Å². The standard InChI is InChI=1S/C24H29ClN4O2S/c1-2-3-17-31-19-9-7-18(8-10-19)23(30)26-11-12-28-13-15-29(16-14-28)24-27-22-20(25)5-4-6-21(22)32-24/h4-10H,2-3,11-17H2,1H3,(H,26,30). The van der Waals surface area contributed by atoms with E-state index in [-0.39, 0.29) is 5.91 Å². The first kappa shape index (κ1) is 22.8. The molecule has 8 heteroatoms. The molecular weight excluding hydrogens is 444 g/mol. The number of hydrogen-bond donors (Lipinski definition) is 1. The molecule has 2 aromatic carbocycles. The molecule has 170 valence electrons. The highest BCUT2D eigenvalue weighted by molar-refractivity contribution is 7.22. The van der Waals surface area contributed by atoms with Gasteiger partial charge in [0.15, 0.2) is 5.13 Å². The SMILES string of the molecule is CCCCOc1ccc(C(=O)NCCN2CCN(c3nc4c(Cl)cccc4s3)CC2)cc1. The van der Waals surface area contributed by atoms with Crippen molar-refractivity contribution in [2.75, 3.05) is 50.8 Å². The highest BCUT2D eigenvalue weighted by Crippen LogP contribution is 2.33. The molecule has 0 unspecified atom stereocenters. The summed E-state index contributed by atoms with van der Waals surface area (Å²) >= 11 is 7.96. The van der Waals surface area contributed by atoms with Crippen molar-refractivity contribution < 1.29 is 9.53 Å². The summed E-state index contributed by atoms with van der Waals surface area (Å²) in [4.78, 5) is 21.8. The summed E-state index contributed by atoms with van der Waals surface area (Å²) in [5.74, 6) is 0.762. The van der Waals surface area contributed by atoms with Gasteiger partial charge in [-0.25, -0.2) is 4.98 Å². The zero-order valence-electron chi connectivity index (χ0n) is 18.3. The summed E-state index contributed by atoms with van der Waals surface area (Å²) in [7, 11) is 0. The number of ether oxygens (including phenoxy) is 1. The second-order valence-electron chi connectivity index (χ2n) is 7.89. The number of para-hydroxylation sites is 1. The maximum atomic E-state index is 12.4. The number of unbranched alkanes of at least 4 members (excludes halogenated alkanes) is 1. The van der Waals surface area contributed by atoms with Crippen molar-refractivity contribution in [3.05, 3.63) is 53.1 Å². The summed E-state index contributed by atoms with van der Waals surface area (Å²) in [6.07, 6.45) is 2.14. The number of nitrogens with zero attached hydrogens (tertiary/aromatic N) is 3. The largest absolute Gasteiger partial charge is 0.494 e. The molecule has 1 aromatic heterocycles. The van der Waals surface area contributed by atoms with E-state index >= 15 is 0 Å². The summed E-state index contributed by atoms with van der Waals surface area (Å²) in [5.41, 5.74) is 1.55. The molecule has 1 amide bonds. The van der Waals surface area contributed by atoms with E-state index in [0.717, 1.165) is 66.7 Å². The fraction of sp³-hybridized carbons (Fsp3) is 0.417. The second kappa shape index (κ2) is 11.0. The minimum atomic E-state index is -0.0462. The van der Waals surface area contributed by atoms with Crippen molar-refractivity contribution >= 4 is 44.2 Å². The number of carbonyl (C=O) groups excluding carboxylic acids is 1. The molecule has 0 saturated carbocycles. The van der Waals surface area contributed by atoms with E-state index in [1.165, 1.54) is 0 Å². The van der Waals surface area contributed by atoms with Crippen molar-refractivity contribution in [2.24, 2.45) is 0 Å². The first-order valence-corrected chi connectivity index (χ1v) is 12.4. The van der Waals surface area contributed by atoms with Crippen LogP contribution in [0, 0.1) is 0 Å². The van der Waals surface area contributed by atoms with Crippen LogP contribution in [0.15, 0.2) is 42.5 Å². The second-order valence-corrected chi connectivity index (χ2v) is 9.31. The highest BCUT2D eigenvalue weighted by atomic mass is 35.5. The Morgan fingerprint density at radius 3 is 2.66 bits per heavy atom. The van der Waals surface area contributed by atoms with Crippen LogP contribution in [0.2, 0.25) is 5.02 Å². The number of piperazine rings is 1. The lowest BCUT2D eigenvalue weighted by Gasteiger charge is -2.34. The number of anilines is 1. The number of benzene rings is 2. The van der Waals surface area contributed by atoms with Crippen LogP contribution in [-0.2, 0) is 0 Å². The first-order valence-electron chi connectivity index (χ1n) is 11.2. The molecule has 2 heterocycles. The lowest BCUT2D eigenvalue weighted by atomic mass is 10.2. The maximum Gasteiger partial charge on any atom is 0.251 e. The number of hydrogen-bond acceptors (Lipinski definition) is 6. The molecular formula is C24H29ClN4O2S. The van der Waals surface area contributed by atoms with Gasteiger partial charge in [0.1, 0.15) is 11.3 Å². The van der Waals surface area contributed by atoms with Gasteiger partial charge in [0.2, 0.25) is 0 Å². The Morgan fingerprint density at radius 2 is 1.94 bits per heavy atom. The van der Waals surface area contributed by atoms with Crippen LogP contribution in [0.4, 0.5) is 5.13 Å². The third kappa shape index (κ3) is 5.71. The fourth-order valence-electron chi connectivity index (χ4n) is 3.67.